The number of carbonyl (C=O) groups excluding carboxylic acids is 4. The summed E-state index contributed by atoms with van der Waals surface area (Å²) in [4.78, 5) is 63.1. The molecule has 2 heterocycles. The van der Waals surface area contributed by atoms with Gasteiger partial charge < -0.3 is 9.47 Å². The second-order valence-electron chi connectivity index (χ2n) is 8.10. The van der Waals surface area contributed by atoms with Gasteiger partial charge in [-0.15, -0.1) is 0 Å². The standard InChI is InChI=1S/C28H26N4O6S2/c1-3-37-23(33)17-21-25(35)31(27(39-21)29-19-11-7-5-8-12-19)15-16-32-26(36)22(18-24(34)38-4-2)40-28(32)30-20-13-9-6-10-14-20/h5-14,17-18H,3-4,15-16H2,1-2H3/b21-17-,22-18+,29-27?,30-28?. The number of carbonyl (C=O) groups is 4. The summed E-state index contributed by atoms with van der Waals surface area (Å²) in [6.45, 7) is 3.83. The molecule has 2 aliphatic rings. The maximum atomic E-state index is 13.3. The Balaban J connectivity index is 1.63. The molecule has 0 spiro atoms. The first-order valence-corrected chi connectivity index (χ1v) is 14.1. The van der Waals surface area contributed by atoms with Gasteiger partial charge in [-0.05, 0) is 61.6 Å². The van der Waals surface area contributed by atoms with Crippen molar-refractivity contribution in [3.05, 3.63) is 82.6 Å². The molecule has 2 aromatic carbocycles. The number of esters is 2. The van der Waals surface area contributed by atoms with Gasteiger partial charge in [-0.1, -0.05) is 36.4 Å². The normalized spacial score (nSPS) is 19.4. The largest absolute Gasteiger partial charge is 0.463 e. The summed E-state index contributed by atoms with van der Waals surface area (Å²) in [7, 11) is 0. The summed E-state index contributed by atoms with van der Waals surface area (Å²) in [5.74, 6) is -2.13. The summed E-state index contributed by atoms with van der Waals surface area (Å²) >= 11 is 2.10. The number of hydrogen-bond donors (Lipinski definition) is 0. The van der Waals surface area contributed by atoms with Crippen LogP contribution in [0.15, 0.2) is 92.6 Å². The lowest BCUT2D eigenvalue weighted by Crippen LogP contribution is -2.40. The molecule has 0 radical (unpaired) electrons. The zero-order chi connectivity index (χ0) is 28.5. The van der Waals surface area contributed by atoms with E-state index < -0.39 is 23.8 Å². The minimum absolute atomic E-state index is 0.0600. The van der Waals surface area contributed by atoms with E-state index >= 15 is 0 Å². The van der Waals surface area contributed by atoms with Crippen molar-refractivity contribution >= 4 is 69.0 Å². The molecular formula is C28H26N4O6S2. The highest BCUT2D eigenvalue weighted by molar-refractivity contribution is 8.19. The predicted octanol–water partition coefficient (Wildman–Crippen LogP) is 4.41. The van der Waals surface area contributed by atoms with E-state index in [-0.39, 0.29) is 36.1 Å². The Morgan fingerprint density at radius 1 is 0.700 bits per heavy atom. The molecule has 0 aromatic heterocycles. The van der Waals surface area contributed by atoms with E-state index in [9.17, 15) is 19.2 Å². The van der Waals surface area contributed by atoms with Crippen molar-refractivity contribution in [1.82, 2.24) is 9.80 Å². The molecule has 0 saturated carbocycles. The second kappa shape index (κ2) is 13.8. The minimum Gasteiger partial charge on any atom is -0.463 e. The predicted molar refractivity (Wildman–Crippen MR) is 155 cm³/mol. The van der Waals surface area contributed by atoms with E-state index in [1.54, 1.807) is 38.1 Å². The van der Waals surface area contributed by atoms with Crippen LogP contribution >= 0.6 is 23.5 Å². The van der Waals surface area contributed by atoms with E-state index in [1.165, 1.54) is 9.80 Å². The molecule has 0 bridgehead atoms. The third kappa shape index (κ3) is 7.27. The SMILES string of the molecule is CCOC(=O)/C=C1\SC(=Nc2ccccc2)N(CCN2C(=O)/C(=C\C(=O)OCC)SC2=Nc2ccccc2)C1=O. The van der Waals surface area contributed by atoms with Gasteiger partial charge in [0.2, 0.25) is 0 Å². The maximum absolute atomic E-state index is 13.3. The Kier molecular flexibility index (Phi) is 9.92. The first-order chi connectivity index (χ1) is 19.4. The van der Waals surface area contributed by atoms with Gasteiger partial charge in [0, 0.05) is 25.2 Å². The number of benzene rings is 2. The molecule has 40 heavy (non-hydrogen) atoms. The molecule has 4 rings (SSSR count). The van der Waals surface area contributed by atoms with Crippen molar-refractivity contribution in [2.24, 2.45) is 9.98 Å². The second-order valence-corrected chi connectivity index (χ2v) is 10.1. The van der Waals surface area contributed by atoms with E-state index in [1.807, 2.05) is 36.4 Å². The lowest BCUT2D eigenvalue weighted by molar-refractivity contribution is -0.138. The van der Waals surface area contributed by atoms with Crippen molar-refractivity contribution in [3.63, 3.8) is 0 Å². The van der Waals surface area contributed by atoms with Crippen LogP contribution < -0.4 is 0 Å². The highest BCUT2D eigenvalue weighted by Gasteiger charge is 2.38. The summed E-state index contributed by atoms with van der Waals surface area (Å²) < 4.78 is 9.95. The van der Waals surface area contributed by atoms with Gasteiger partial charge in [-0.2, -0.15) is 0 Å². The van der Waals surface area contributed by atoms with Crippen LogP contribution in [0.25, 0.3) is 0 Å². The topological polar surface area (TPSA) is 118 Å². The van der Waals surface area contributed by atoms with Crippen molar-refractivity contribution in [3.8, 4) is 0 Å². The fourth-order valence-corrected chi connectivity index (χ4v) is 5.55. The molecule has 0 N–H and O–H groups in total. The number of aliphatic imine (C=N–C) groups is 2. The average molecular weight is 579 g/mol. The van der Waals surface area contributed by atoms with Crippen LogP contribution in [0.3, 0.4) is 0 Å². The van der Waals surface area contributed by atoms with Gasteiger partial charge in [0.1, 0.15) is 0 Å². The van der Waals surface area contributed by atoms with Gasteiger partial charge >= 0.3 is 11.9 Å². The number of ether oxygens (including phenoxy) is 2. The summed E-state index contributed by atoms with van der Waals surface area (Å²) in [6, 6.07) is 18.2. The fraction of sp³-hybridized carbons (Fsp3) is 0.214. The van der Waals surface area contributed by atoms with Crippen LogP contribution in [0.1, 0.15) is 13.8 Å². The lowest BCUT2D eigenvalue weighted by atomic mass is 10.3. The fourth-order valence-electron chi connectivity index (χ4n) is 3.58. The van der Waals surface area contributed by atoms with E-state index in [0.717, 1.165) is 35.7 Å². The summed E-state index contributed by atoms with van der Waals surface area (Å²) in [5.41, 5.74) is 1.25. The highest BCUT2D eigenvalue weighted by atomic mass is 32.2. The number of rotatable bonds is 9. The Hall–Kier alpha value is -4.16. The molecule has 206 valence electrons. The van der Waals surface area contributed by atoms with Crippen molar-refractivity contribution in [2.45, 2.75) is 13.8 Å². The molecule has 2 aliphatic heterocycles. The lowest BCUT2D eigenvalue weighted by Gasteiger charge is -2.21. The van der Waals surface area contributed by atoms with Crippen LogP contribution in [0.4, 0.5) is 11.4 Å². The third-order valence-electron chi connectivity index (χ3n) is 5.36. The molecule has 2 saturated heterocycles. The van der Waals surface area contributed by atoms with Gasteiger partial charge in [-0.3, -0.25) is 19.4 Å². The molecule has 0 atom stereocenters. The van der Waals surface area contributed by atoms with Crippen LogP contribution in [-0.4, -0.2) is 70.2 Å². The first-order valence-electron chi connectivity index (χ1n) is 12.4. The number of para-hydroxylation sites is 2. The van der Waals surface area contributed by atoms with Crippen LogP contribution in [0.2, 0.25) is 0 Å². The molecular weight excluding hydrogens is 552 g/mol. The van der Waals surface area contributed by atoms with E-state index in [2.05, 4.69) is 9.98 Å². The number of amidine groups is 2. The van der Waals surface area contributed by atoms with Crippen LogP contribution in [0, 0.1) is 0 Å². The number of hydrogen-bond acceptors (Lipinski definition) is 10. The Morgan fingerprint density at radius 3 is 1.43 bits per heavy atom. The molecule has 0 aliphatic carbocycles. The number of nitrogens with zero attached hydrogens (tertiary/aromatic N) is 4. The molecule has 0 unspecified atom stereocenters. The molecule has 2 fully saturated rings. The van der Waals surface area contributed by atoms with Crippen LogP contribution in [-0.2, 0) is 28.7 Å². The Bertz CT molecular complexity index is 1300. The first kappa shape index (κ1) is 28.8. The number of amides is 2. The molecule has 2 aromatic rings. The summed E-state index contributed by atoms with van der Waals surface area (Å²) in [5, 5.41) is 0.713. The zero-order valence-electron chi connectivity index (χ0n) is 21.8. The zero-order valence-corrected chi connectivity index (χ0v) is 23.4. The van der Waals surface area contributed by atoms with E-state index in [0.29, 0.717) is 21.7 Å². The maximum Gasteiger partial charge on any atom is 0.332 e. The Labute approximate surface area is 239 Å². The van der Waals surface area contributed by atoms with Crippen molar-refractivity contribution < 1.29 is 28.7 Å². The van der Waals surface area contributed by atoms with Gasteiger partial charge in [0.15, 0.2) is 10.3 Å². The minimum atomic E-state index is -0.628. The highest BCUT2D eigenvalue weighted by Crippen LogP contribution is 2.35. The van der Waals surface area contributed by atoms with Gasteiger partial charge in [0.25, 0.3) is 11.8 Å². The monoisotopic (exact) mass is 578 g/mol. The third-order valence-corrected chi connectivity index (χ3v) is 7.37. The van der Waals surface area contributed by atoms with Gasteiger partial charge in [0.05, 0.1) is 34.4 Å². The van der Waals surface area contributed by atoms with Crippen molar-refractivity contribution in [1.29, 1.82) is 0 Å². The van der Waals surface area contributed by atoms with Gasteiger partial charge in [-0.25, -0.2) is 19.6 Å². The molecule has 2 amide bonds. The average Bonchev–Trinajstić information content (AvgIpc) is 3.38. The van der Waals surface area contributed by atoms with Crippen LogP contribution in [0.5, 0.6) is 0 Å². The summed E-state index contributed by atoms with van der Waals surface area (Å²) in [6.07, 6.45) is 2.30. The molecule has 10 nitrogen and oxygen atoms in total. The molecule has 12 heteroatoms. The smallest absolute Gasteiger partial charge is 0.332 e. The quantitative estimate of drug-likeness (QED) is 0.317. The van der Waals surface area contributed by atoms with Crippen molar-refractivity contribution in [2.75, 3.05) is 26.3 Å². The van der Waals surface area contributed by atoms with E-state index in [4.69, 9.17) is 9.47 Å². The number of thioether (sulfide) groups is 2. The Morgan fingerprint density at radius 2 is 1.07 bits per heavy atom.